The summed E-state index contributed by atoms with van der Waals surface area (Å²) in [4.78, 5) is 0. The van der Waals surface area contributed by atoms with Crippen LogP contribution in [0.2, 0.25) is 0 Å². The van der Waals surface area contributed by atoms with Crippen LogP contribution in [-0.2, 0) is 0 Å². The van der Waals surface area contributed by atoms with E-state index >= 15 is 0 Å². The molecule has 1 atom stereocenters. The molecule has 1 rings (SSSR count). The molecule has 0 N–H and O–H groups in total. The molecule has 0 aromatic heterocycles. The molecule has 144 valence electrons. The maximum absolute atomic E-state index is 6.20. The standard InChI is InChI=1S/C21H33I3O/c1-3-4-5-6-7-8-9-10-11-12-13-14-17(2)25-21-19(23)15-18(22)16-20(21)24/h15-17H,3-14H2,1-2H3. The molecule has 1 unspecified atom stereocenters. The van der Waals surface area contributed by atoms with Gasteiger partial charge in [0.1, 0.15) is 5.75 Å². The van der Waals surface area contributed by atoms with E-state index in [9.17, 15) is 0 Å². The minimum atomic E-state index is 0.306. The Labute approximate surface area is 196 Å². The average Bonchev–Trinajstić information content (AvgIpc) is 2.56. The third-order valence-electron chi connectivity index (χ3n) is 4.50. The van der Waals surface area contributed by atoms with Gasteiger partial charge < -0.3 is 4.74 Å². The predicted molar refractivity (Wildman–Crippen MR) is 136 cm³/mol. The SMILES string of the molecule is CCCCCCCCCCCCCC(C)Oc1c(I)cc(I)cc1I. The first-order valence-electron chi connectivity index (χ1n) is 9.85. The second kappa shape index (κ2) is 15.2. The number of hydrogen-bond donors (Lipinski definition) is 0. The Hall–Kier alpha value is 1.21. The molecule has 0 fully saturated rings. The number of benzene rings is 1. The zero-order chi connectivity index (χ0) is 18.5. The van der Waals surface area contributed by atoms with E-state index in [1.807, 2.05) is 0 Å². The molecule has 4 heteroatoms. The molecule has 0 saturated heterocycles. The number of unbranched alkanes of at least 4 members (excludes halogenated alkanes) is 10. The van der Waals surface area contributed by atoms with Crippen LogP contribution in [0.3, 0.4) is 0 Å². The summed E-state index contributed by atoms with van der Waals surface area (Å²) in [7, 11) is 0. The van der Waals surface area contributed by atoms with E-state index in [0.29, 0.717) is 6.10 Å². The van der Waals surface area contributed by atoms with Gasteiger partial charge >= 0.3 is 0 Å². The maximum atomic E-state index is 6.20. The van der Waals surface area contributed by atoms with E-state index in [0.717, 1.165) is 12.2 Å². The smallest absolute Gasteiger partial charge is 0.146 e. The van der Waals surface area contributed by atoms with Crippen LogP contribution in [0.15, 0.2) is 12.1 Å². The Morgan fingerprint density at radius 1 is 0.760 bits per heavy atom. The lowest BCUT2D eigenvalue weighted by molar-refractivity contribution is 0.203. The predicted octanol–water partition coefficient (Wildman–Crippen LogP) is 8.97. The molecule has 0 aliphatic rings. The topological polar surface area (TPSA) is 9.23 Å². The third-order valence-corrected chi connectivity index (χ3v) is 6.72. The van der Waals surface area contributed by atoms with Gasteiger partial charge in [-0.2, -0.15) is 0 Å². The quantitative estimate of drug-likeness (QED) is 0.141. The molecule has 0 radical (unpaired) electrons. The molecule has 25 heavy (non-hydrogen) atoms. The first kappa shape index (κ1) is 24.2. The number of ether oxygens (including phenoxy) is 1. The lowest BCUT2D eigenvalue weighted by atomic mass is 10.0. The van der Waals surface area contributed by atoms with Crippen molar-refractivity contribution < 1.29 is 4.74 Å². The first-order valence-corrected chi connectivity index (χ1v) is 13.1. The van der Waals surface area contributed by atoms with Gasteiger partial charge in [0.2, 0.25) is 0 Å². The van der Waals surface area contributed by atoms with Gasteiger partial charge in [-0.15, -0.1) is 0 Å². The van der Waals surface area contributed by atoms with Crippen LogP contribution in [-0.4, -0.2) is 6.10 Å². The largest absolute Gasteiger partial charge is 0.488 e. The fraction of sp³-hybridized carbons (Fsp3) is 0.714. The Balaban J connectivity index is 2.05. The Bertz CT molecular complexity index is 453. The molecule has 1 nitrogen and oxygen atoms in total. The molecule has 0 amide bonds. The highest BCUT2D eigenvalue weighted by Crippen LogP contribution is 2.31. The monoisotopic (exact) mass is 682 g/mol. The second-order valence-electron chi connectivity index (χ2n) is 6.95. The van der Waals surface area contributed by atoms with E-state index < -0.39 is 0 Å². The summed E-state index contributed by atoms with van der Waals surface area (Å²) in [6.07, 6.45) is 16.9. The summed E-state index contributed by atoms with van der Waals surface area (Å²) < 4.78 is 9.92. The number of rotatable bonds is 14. The molecule has 0 heterocycles. The van der Waals surface area contributed by atoms with Crippen LogP contribution in [0.5, 0.6) is 5.75 Å². The summed E-state index contributed by atoms with van der Waals surface area (Å²) in [6.45, 7) is 4.49. The van der Waals surface area contributed by atoms with E-state index in [1.54, 1.807) is 0 Å². The van der Waals surface area contributed by atoms with Gasteiger partial charge in [-0.1, -0.05) is 71.1 Å². The first-order chi connectivity index (χ1) is 12.0. The van der Waals surface area contributed by atoms with Crippen molar-refractivity contribution in [1.29, 1.82) is 0 Å². The van der Waals surface area contributed by atoms with Gasteiger partial charge in [0.05, 0.1) is 13.2 Å². The fourth-order valence-electron chi connectivity index (χ4n) is 3.00. The second-order valence-corrected chi connectivity index (χ2v) is 10.5. The summed E-state index contributed by atoms with van der Waals surface area (Å²) >= 11 is 7.13. The van der Waals surface area contributed by atoms with Gasteiger partial charge in [0.25, 0.3) is 0 Å². The Morgan fingerprint density at radius 2 is 1.20 bits per heavy atom. The van der Waals surface area contributed by atoms with Crippen LogP contribution in [0.1, 0.15) is 90.9 Å². The van der Waals surface area contributed by atoms with Crippen LogP contribution >= 0.6 is 67.8 Å². The maximum Gasteiger partial charge on any atom is 0.146 e. The highest BCUT2D eigenvalue weighted by Gasteiger charge is 2.11. The lowest BCUT2D eigenvalue weighted by Crippen LogP contribution is -2.13. The molecule has 0 bridgehead atoms. The normalized spacial score (nSPS) is 12.4. The van der Waals surface area contributed by atoms with Crippen LogP contribution in [0, 0.1) is 10.7 Å². The number of halogens is 3. The van der Waals surface area contributed by atoms with Crippen molar-refractivity contribution in [2.45, 2.75) is 97.0 Å². The van der Waals surface area contributed by atoms with Gasteiger partial charge in [-0.05, 0) is 99.7 Å². The van der Waals surface area contributed by atoms with Gasteiger partial charge in [-0.25, -0.2) is 0 Å². The van der Waals surface area contributed by atoms with Gasteiger partial charge in [0, 0.05) is 3.57 Å². The van der Waals surface area contributed by atoms with E-state index in [4.69, 9.17) is 4.74 Å². The van der Waals surface area contributed by atoms with Crippen molar-refractivity contribution in [3.63, 3.8) is 0 Å². The zero-order valence-electron chi connectivity index (χ0n) is 15.8. The van der Waals surface area contributed by atoms with Gasteiger partial charge in [0.15, 0.2) is 0 Å². The minimum absolute atomic E-state index is 0.306. The van der Waals surface area contributed by atoms with Crippen molar-refractivity contribution in [3.8, 4) is 5.75 Å². The highest BCUT2D eigenvalue weighted by molar-refractivity contribution is 14.1. The lowest BCUT2D eigenvalue weighted by Gasteiger charge is -2.17. The van der Waals surface area contributed by atoms with Crippen molar-refractivity contribution in [2.75, 3.05) is 0 Å². The van der Waals surface area contributed by atoms with E-state index in [1.165, 1.54) is 81.3 Å². The molecule has 1 aromatic carbocycles. The van der Waals surface area contributed by atoms with Crippen LogP contribution in [0.4, 0.5) is 0 Å². The molecular weight excluding hydrogens is 649 g/mol. The average molecular weight is 682 g/mol. The summed E-state index contributed by atoms with van der Waals surface area (Å²) in [5.74, 6) is 1.07. The van der Waals surface area contributed by atoms with Crippen molar-refractivity contribution in [3.05, 3.63) is 22.8 Å². The van der Waals surface area contributed by atoms with Crippen LogP contribution < -0.4 is 4.74 Å². The summed E-state index contributed by atoms with van der Waals surface area (Å²) in [6, 6.07) is 4.38. The fourth-order valence-corrected chi connectivity index (χ4v) is 6.83. The Morgan fingerprint density at radius 3 is 1.68 bits per heavy atom. The summed E-state index contributed by atoms with van der Waals surface area (Å²) in [5.41, 5.74) is 0. The number of hydrogen-bond acceptors (Lipinski definition) is 1. The van der Waals surface area contributed by atoms with E-state index in [-0.39, 0.29) is 0 Å². The highest BCUT2D eigenvalue weighted by atomic mass is 127. The Kier molecular flexibility index (Phi) is 14.7. The molecular formula is C21H33I3O. The molecule has 0 aliphatic carbocycles. The minimum Gasteiger partial charge on any atom is -0.488 e. The van der Waals surface area contributed by atoms with E-state index in [2.05, 4.69) is 93.8 Å². The zero-order valence-corrected chi connectivity index (χ0v) is 22.2. The molecule has 1 aromatic rings. The molecule has 0 spiro atoms. The molecule has 0 saturated carbocycles. The van der Waals surface area contributed by atoms with Crippen LogP contribution in [0.25, 0.3) is 0 Å². The van der Waals surface area contributed by atoms with Crippen molar-refractivity contribution in [2.24, 2.45) is 0 Å². The van der Waals surface area contributed by atoms with Gasteiger partial charge in [-0.3, -0.25) is 0 Å². The van der Waals surface area contributed by atoms with Crippen molar-refractivity contribution in [1.82, 2.24) is 0 Å². The third kappa shape index (κ3) is 11.6. The van der Waals surface area contributed by atoms with Crippen molar-refractivity contribution >= 4 is 67.8 Å². The summed E-state index contributed by atoms with van der Waals surface area (Å²) in [5, 5.41) is 0. The molecule has 0 aliphatic heterocycles.